The van der Waals surface area contributed by atoms with Crippen molar-refractivity contribution < 1.29 is 40.7 Å². The minimum absolute atomic E-state index is 0.0636. The highest BCUT2D eigenvalue weighted by Gasteiger charge is 2.47. The number of carbonyl (C=O) groups is 2. The minimum atomic E-state index is -5.76. The number of ether oxygens (including phenoxy) is 2. The fraction of sp³-hybridized carbons (Fsp3) is 0.333. The highest BCUT2D eigenvalue weighted by molar-refractivity contribution is 7.93. The van der Waals surface area contributed by atoms with Gasteiger partial charge in [-0.05, 0) is 25.5 Å². The van der Waals surface area contributed by atoms with Crippen LogP contribution in [0.4, 0.5) is 18.9 Å². The fourth-order valence-corrected chi connectivity index (χ4v) is 3.70. The van der Waals surface area contributed by atoms with Crippen molar-refractivity contribution in [2.24, 2.45) is 0 Å². The Morgan fingerprint density at radius 1 is 1.00 bits per heavy atom. The predicted molar refractivity (Wildman–Crippen MR) is 100 cm³/mol. The lowest BCUT2D eigenvalue weighted by Gasteiger charge is -2.31. The van der Waals surface area contributed by atoms with Crippen LogP contribution >= 0.6 is 0 Å². The van der Waals surface area contributed by atoms with Crippen LogP contribution in [0, 0.1) is 0 Å². The number of allylic oxidation sites excluding steroid dienone is 2. The Morgan fingerprint density at radius 3 is 1.90 bits per heavy atom. The van der Waals surface area contributed by atoms with Crippen LogP contribution in [-0.4, -0.2) is 40.1 Å². The molecule has 0 atom stereocenters. The molecule has 1 aromatic rings. The van der Waals surface area contributed by atoms with Gasteiger partial charge in [0, 0.05) is 11.4 Å². The van der Waals surface area contributed by atoms with E-state index in [0.29, 0.717) is 0 Å². The average molecular weight is 448 g/mol. The maximum atomic E-state index is 12.9. The molecular weight excluding hydrogens is 429 g/mol. The molecule has 0 unspecified atom stereocenters. The molecule has 0 radical (unpaired) electrons. The van der Waals surface area contributed by atoms with E-state index in [9.17, 15) is 31.2 Å². The van der Waals surface area contributed by atoms with Gasteiger partial charge in [-0.2, -0.15) is 21.6 Å². The second-order valence-electron chi connectivity index (χ2n) is 6.26. The quantitative estimate of drug-likeness (QED) is 0.666. The smallest absolute Gasteiger partial charge is 0.466 e. The lowest BCUT2D eigenvalue weighted by molar-refractivity contribution is -0.137. The molecule has 30 heavy (non-hydrogen) atoms. The Hall–Kier alpha value is -3.02. The van der Waals surface area contributed by atoms with Gasteiger partial charge in [-0.3, -0.25) is 4.72 Å². The molecule has 0 amide bonds. The van der Waals surface area contributed by atoms with Gasteiger partial charge in [0.05, 0.1) is 37.0 Å². The van der Waals surface area contributed by atoms with Gasteiger partial charge in [-0.1, -0.05) is 18.2 Å². The molecule has 1 heterocycles. The van der Waals surface area contributed by atoms with E-state index < -0.39 is 39.1 Å². The number of halogens is 3. The van der Waals surface area contributed by atoms with E-state index in [1.165, 1.54) is 36.8 Å². The third-order valence-corrected chi connectivity index (χ3v) is 5.49. The van der Waals surface area contributed by atoms with Crippen LogP contribution in [0.2, 0.25) is 0 Å². The zero-order valence-corrected chi connectivity index (χ0v) is 17.2. The van der Waals surface area contributed by atoms with Gasteiger partial charge < -0.3 is 14.8 Å². The molecular formula is C18H19F3N2O6S. The number of hydrogen-bond acceptors (Lipinski definition) is 7. The van der Waals surface area contributed by atoms with Crippen molar-refractivity contribution in [1.29, 1.82) is 0 Å². The number of nitrogens with one attached hydrogen (secondary N) is 2. The number of esters is 2. The van der Waals surface area contributed by atoms with Crippen LogP contribution in [0.1, 0.15) is 25.3 Å². The number of carbonyl (C=O) groups excluding carboxylic acids is 2. The summed E-state index contributed by atoms with van der Waals surface area (Å²) in [6.45, 7) is 3.03. The van der Waals surface area contributed by atoms with Crippen LogP contribution in [-0.2, 0) is 29.1 Å². The van der Waals surface area contributed by atoms with Crippen LogP contribution in [0.3, 0.4) is 0 Å². The highest BCUT2D eigenvalue weighted by Crippen LogP contribution is 2.42. The first kappa shape index (κ1) is 23.3. The van der Waals surface area contributed by atoms with E-state index in [4.69, 9.17) is 9.47 Å². The van der Waals surface area contributed by atoms with Gasteiger partial charge in [0.15, 0.2) is 0 Å². The van der Waals surface area contributed by atoms with Crippen molar-refractivity contribution >= 4 is 27.6 Å². The molecule has 0 saturated heterocycles. The van der Waals surface area contributed by atoms with Crippen molar-refractivity contribution in [1.82, 2.24) is 5.32 Å². The lowest BCUT2D eigenvalue weighted by atomic mass is 9.80. The van der Waals surface area contributed by atoms with Crippen molar-refractivity contribution in [3.05, 3.63) is 52.4 Å². The summed E-state index contributed by atoms with van der Waals surface area (Å²) in [6.07, 6.45) is 0. The summed E-state index contributed by atoms with van der Waals surface area (Å²) >= 11 is 0. The predicted octanol–water partition coefficient (Wildman–Crippen LogP) is 2.53. The van der Waals surface area contributed by atoms with Gasteiger partial charge in [0.2, 0.25) is 0 Å². The molecule has 0 aromatic heterocycles. The second kappa shape index (κ2) is 8.38. The average Bonchev–Trinajstić information content (AvgIpc) is 2.65. The lowest BCUT2D eigenvalue weighted by Crippen LogP contribution is -2.33. The number of alkyl halides is 3. The fourth-order valence-electron chi connectivity index (χ4n) is 3.11. The standard InChI is InChI=1S/C18H19F3N2O6S/c1-9-13(16(24)28-3)15(14(10(2)22-9)17(25)29-4)11-7-5-6-8-12(11)23-30(26,27)18(19,20)21/h5-8,15,22-23H,1-4H3. The monoisotopic (exact) mass is 448 g/mol. The summed E-state index contributed by atoms with van der Waals surface area (Å²) < 4.78 is 73.1. The SMILES string of the molecule is COC(=O)C1=C(C)NC(C)=C(C(=O)OC)C1c1ccccc1NS(=O)(=O)C(F)(F)F. The summed E-state index contributed by atoms with van der Waals surface area (Å²) in [4.78, 5) is 24.9. The van der Waals surface area contributed by atoms with Crippen molar-refractivity contribution in [2.45, 2.75) is 25.3 Å². The van der Waals surface area contributed by atoms with E-state index >= 15 is 0 Å². The first-order chi connectivity index (χ1) is 13.9. The third-order valence-electron chi connectivity index (χ3n) is 4.39. The van der Waals surface area contributed by atoms with Crippen molar-refractivity contribution in [3.8, 4) is 0 Å². The molecule has 8 nitrogen and oxygen atoms in total. The molecule has 12 heteroatoms. The number of anilines is 1. The Bertz CT molecular complexity index is 1010. The summed E-state index contributed by atoms with van der Waals surface area (Å²) in [5.74, 6) is -2.96. The molecule has 164 valence electrons. The highest BCUT2D eigenvalue weighted by atomic mass is 32.2. The molecule has 0 saturated carbocycles. The third kappa shape index (κ3) is 4.27. The number of methoxy groups -OCH3 is 2. The van der Waals surface area contributed by atoms with Crippen molar-refractivity contribution in [2.75, 3.05) is 18.9 Å². The minimum Gasteiger partial charge on any atom is -0.466 e. The van der Waals surface area contributed by atoms with E-state index in [0.717, 1.165) is 20.3 Å². The van der Waals surface area contributed by atoms with Gasteiger partial charge in [-0.15, -0.1) is 0 Å². The summed E-state index contributed by atoms with van der Waals surface area (Å²) in [5.41, 5.74) is -5.68. The molecule has 1 aliphatic rings. The number of benzene rings is 1. The first-order valence-electron chi connectivity index (χ1n) is 8.38. The zero-order valence-electron chi connectivity index (χ0n) is 16.4. The van der Waals surface area contributed by atoms with Crippen molar-refractivity contribution in [3.63, 3.8) is 0 Å². The zero-order chi connectivity index (χ0) is 22.9. The first-order valence-corrected chi connectivity index (χ1v) is 9.87. The van der Waals surface area contributed by atoms with Crippen LogP contribution in [0.15, 0.2) is 46.8 Å². The van der Waals surface area contributed by atoms with Crippen LogP contribution in [0.25, 0.3) is 0 Å². The molecule has 2 N–H and O–H groups in total. The second-order valence-corrected chi connectivity index (χ2v) is 7.93. The van der Waals surface area contributed by atoms with E-state index in [1.807, 2.05) is 0 Å². The number of rotatable bonds is 5. The maximum Gasteiger partial charge on any atom is 0.516 e. The van der Waals surface area contributed by atoms with Gasteiger partial charge in [0.25, 0.3) is 0 Å². The Morgan fingerprint density at radius 2 is 1.47 bits per heavy atom. The van der Waals surface area contributed by atoms with Crippen LogP contribution < -0.4 is 10.0 Å². The molecule has 0 bridgehead atoms. The topological polar surface area (TPSA) is 111 Å². The summed E-state index contributed by atoms with van der Waals surface area (Å²) in [7, 11) is -3.56. The van der Waals surface area contributed by atoms with E-state index in [1.54, 1.807) is 0 Å². The molecule has 0 fully saturated rings. The van der Waals surface area contributed by atoms with E-state index in [2.05, 4.69) is 5.32 Å². The Labute approximate surface area is 170 Å². The molecule has 1 aliphatic heterocycles. The number of hydrogen-bond donors (Lipinski definition) is 2. The van der Waals surface area contributed by atoms with Gasteiger partial charge >= 0.3 is 27.5 Å². The largest absolute Gasteiger partial charge is 0.516 e. The molecule has 2 rings (SSSR count). The molecule has 1 aromatic carbocycles. The maximum absolute atomic E-state index is 12.9. The Kier molecular flexibility index (Phi) is 6.50. The van der Waals surface area contributed by atoms with Crippen LogP contribution in [0.5, 0.6) is 0 Å². The van der Waals surface area contributed by atoms with Gasteiger partial charge in [0.1, 0.15) is 0 Å². The molecule has 0 aliphatic carbocycles. The Balaban J connectivity index is 2.78. The van der Waals surface area contributed by atoms with Gasteiger partial charge in [-0.25, -0.2) is 9.59 Å². The summed E-state index contributed by atoms with van der Waals surface area (Å²) in [6, 6.07) is 5.13. The summed E-state index contributed by atoms with van der Waals surface area (Å²) in [5, 5.41) is 2.84. The normalized spacial score (nSPS) is 15.6. The number of sulfonamides is 1. The number of para-hydroxylation sites is 1. The van der Waals surface area contributed by atoms with E-state index in [-0.39, 0.29) is 28.1 Å². The molecule has 0 spiro atoms. The number of dihydropyridines is 1.